The molecule has 2 unspecified atom stereocenters. The molecule has 6 heteroatoms. The molecule has 0 heterocycles. The number of carbonyl (C=O) groups excluding carboxylic acids is 1. The summed E-state index contributed by atoms with van der Waals surface area (Å²) in [6.45, 7) is 12.5. The van der Waals surface area contributed by atoms with Crippen LogP contribution in [0.3, 0.4) is 0 Å². The number of esters is 1. The standard InChI is InChI=1S/C30H48N2O4/c1-9-10-11-12-24-18-27(35-21-34-16-15-31(5)6)30(28(19-24)36-29(33)20-32(7)8)26-17-23(4)13-14-25(26)22(2)3/h17-19,25-26H,2,9-16,20-21H2,1,3-8H3. The Labute approximate surface area is 219 Å². The number of unbranched alkanes of at least 4 members (excludes halogenated alkanes) is 2. The van der Waals surface area contributed by atoms with Gasteiger partial charge in [0.15, 0.2) is 6.79 Å². The van der Waals surface area contributed by atoms with E-state index in [1.165, 1.54) is 5.57 Å². The van der Waals surface area contributed by atoms with Crippen molar-refractivity contribution in [2.75, 3.05) is 54.7 Å². The Hall–Kier alpha value is -2.15. The summed E-state index contributed by atoms with van der Waals surface area (Å²) in [5.41, 5.74) is 4.51. The first-order valence-electron chi connectivity index (χ1n) is 13.3. The molecule has 0 N–H and O–H groups in total. The van der Waals surface area contributed by atoms with E-state index in [1.54, 1.807) is 0 Å². The van der Waals surface area contributed by atoms with Crippen LogP contribution in [0.25, 0.3) is 0 Å². The van der Waals surface area contributed by atoms with Crippen LogP contribution in [0.4, 0.5) is 0 Å². The molecular formula is C30H48N2O4. The monoisotopic (exact) mass is 500 g/mol. The number of benzene rings is 1. The molecule has 0 fully saturated rings. The van der Waals surface area contributed by atoms with Crippen molar-refractivity contribution in [3.05, 3.63) is 47.1 Å². The number of aryl methyl sites for hydroxylation is 1. The highest BCUT2D eigenvalue weighted by atomic mass is 16.7. The highest BCUT2D eigenvalue weighted by molar-refractivity contribution is 5.75. The topological polar surface area (TPSA) is 51.2 Å². The second kappa shape index (κ2) is 15.2. The Morgan fingerprint density at radius 2 is 1.83 bits per heavy atom. The molecule has 0 amide bonds. The number of rotatable bonds is 15. The molecular weight excluding hydrogens is 452 g/mol. The van der Waals surface area contributed by atoms with Crippen LogP contribution in [0.5, 0.6) is 11.5 Å². The molecule has 6 nitrogen and oxygen atoms in total. The van der Waals surface area contributed by atoms with Gasteiger partial charge in [-0.25, -0.2) is 0 Å². The number of hydrogen-bond acceptors (Lipinski definition) is 6. The third kappa shape index (κ3) is 9.72. The molecule has 36 heavy (non-hydrogen) atoms. The fraction of sp³-hybridized carbons (Fsp3) is 0.633. The van der Waals surface area contributed by atoms with Crippen LogP contribution in [0.2, 0.25) is 0 Å². The van der Waals surface area contributed by atoms with E-state index in [4.69, 9.17) is 14.2 Å². The van der Waals surface area contributed by atoms with E-state index in [0.717, 1.165) is 67.5 Å². The molecule has 1 aromatic rings. The van der Waals surface area contributed by atoms with Crippen molar-refractivity contribution in [2.24, 2.45) is 5.92 Å². The first-order chi connectivity index (χ1) is 17.1. The van der Waals surface area contributed by atoms with E-state index in [0.29, 0.717) is 12.4 Å². The number of hydrogen-bond donors (Lipinski definition) is 0. The molecule has 0 aromatic heterocycles. The minimum atomic E-state index is -0.275. The fourth-order valence-electron chi connectivity index (χ4n) is 4.64. The smallest absolute Gasteiger partial charge is 0.325 e. The van der Waals surface area contributed by atoms with Gasteiger partial charge in [-0.05, 0) is 91.3 Å². The lowest BCUT2D eigenvalue weighted by molar-refractivity contribution is -0.135. The molecule has 0 saturated carbocycles. The van der Waals surface area contributed by atoms with Gasteiger partial charge >= 0.3 is 5.97 Å². The van der Waals surface area contributed by atoms with Gasteiger partial charge in [0.25, 0.3) is 0 Å². The van der Waals surface area contributed by atoms with Gasteiger partial charge in [-0.2, -0.15) is 0 Å². The van der Waals surface area contributed by atoms with Crippen molar-refractivity contribution in [3.63, 3.8) is 0 Å². The molecule has 0 bridgehead atoms. The second-order valence-electron chi connectivity index (χ2n) is 10.7. The van der Waals surface area contributed by atoms with Crippen molar-refractivity contribution in [2.45, 2.75) is 65.2 Å². The maximum Gasteiger partial charge on any atom is 0.325 e. The number of nitrogens with zero attached hydrogens (tertiary/aromatic N) is 2. The van der Waals surface area contributed by atoms with Gasteiger partial charge in [-0.15, -0.1) is 0 Å². The zero-order valence-corrected chi connectivity index (χ0v) is 23.7. The van der Waals surface area contributed by atoms with Gasteiger partial charge in [-0.3, -0.25) is 9.69 Å². The van der Waals surface area contributed by atoms with Crippen LogP contribution >= 0.6 is 0 Å². The van der Waals surface area contributed by atoms with Gasteiger partial charge in [0.1, 0.15) is 11.5 Å². The van der Waals surface area contributed by atoms with E-state index in [9.17, 15) is 4.79 Å². The van der Waals surface area contributed by atoms with E-state index < -0.39 is 0 Å². The highest BCUT2D eigenvalue weighted by Gasteiger charge is 2.32. The van der Waals surface area contributed by atoms with Gasteiger partial charge in [-0.1, -0.05) is 43.6 Å². The molecule has 1 aliphatic rings. The minimum absolute atomic E-state index is 0.0277. The fourth-order valence-corrected chi connectivity index (χ4v) is 4.64. The van der Waals surface area contributed by atoms with Crippen molar-refractivity contribution in [1.29, 1.82) is 0 Å². The summed E-state index contributed by atoms with van der Waals surface area (Å²) in [6, 6.07) is 4.17. The van der Waals surface area contributed by atoms with E-state index in [2.05, 4.69) is 44.4 Å². The molecule has 1 aliphatic carbocycles. The van der Waals surface area contributed by atoms with Crippen LogP contribution in [0.15, 0.2) is 35.9 Å². The third-order valence-corrected chi connectivity index (χ3v) is 6.60. The third-order valence-electron chi connectivity index (χ3n) is 6.60. The largest absolute Gasteiger partial charge is 0.467 e. The van der Waals surface area contributed by atoms with Crippen molar-refractivity contribution in [3.8, 4) is 11.5 Å². The normalized spacial score (nSPS) is 17.9. The van der Waals surface area contributed by atoms with E-state index in [1.807, 2.05) is 39.2 Å². The molecule has 0 saturated heterocycles. The molecule has 0 radical (unpaired) electrons. The molecule has 2 atom stereocenters. The molecule has 0 spiro atoms. The summed E-state index contributed by atoms with van der Waals surface area (Å²) >= 11 is 0. The summed E-state index contributed by atoms with van der Waals surface area (Å²) in [7, 11) is 7.78. The summed E-state index contributed by atoms with van der Waals surface area (Å²) in [5.74, 6) is 1.34. The lowest BCUT2D eigenvalue weighted by Gasteiger charge is -2.33. The van der Waals surface area contributed by atoms with Crippen molar-refractivity contribution in [1.82, 2.24) is 9.80 Å². The average Bonchev–Trinajstić information content (AvgIpc) is 2.78. The van der Waals surface area contributed by atoms with Gasteiger partial charge < -0.3 is 19.1 Å². The summed E-state index contributed by atoms with van der Waals surface area (Å²) in [4.78, 5) is 16.7. The van der Waals surface area contributed by atoms with Crippen molar-refractivity contribution >= 4 is 5.97 Å². The van der Waals surface area contributed by atoms with E-state index in [-0.39, 0.29) is 31.1 Å². The number of carbonyl (C=O) groups is 1. The summed E-state index contributed by atoms with van der Waals surface area (Å²) in [5, 5.41) is 0. The first kappa shape index (κ1) is 30.1. The maximum absolute atomic E-state index is 12.8. The summed E-state index contributed by atoms with van der Waals surface area (Å²) in [6.07, 6.45) is 8.66. The maximum atomic E-state index is 12.8. The van der Waals surface area contributed by atoms with Crippen LogP contribution in [0, 0.1) is 5.92 Å². The van der Waals surface area contributed by atoms with Crippen LogP contribution < -0.4 is 9.47 Å². The van der Waals surface area contributed by atoms with Crippen LogP contribution in [0.1, 0.15) is 69.9 Å². The SMILES string of the molecule is C=C(C)C1CCC(C)=CC1c1c(OCOCCN(C)C)cc(CCCCC)cc1OC(=O)CN(C)C. The molecule has 202 valence electrons. The first-order valence-corrected chi connectivity index (χ1v) is 13.3. The molecule has 0 aliphatic heterocycles. The Balaban J connectivity index is 2.52. The lowest BCUT2D eigenvalue weighted by atomic mass is 9.73. The lowest BCUT2D eigenvalue weighted by Crippen LogP contribution is -2.27. The number of ether oxygens (including phenoxy) is 3. The number of allylic oxidation sites excluding steroid dienone is 3. The molecule has 2 rings (SSSR count). The Bertz CT molecular complexity index is 891. The Morgan fingerprint density at radius 1 is 1.11 bits per heavy atom. The minimum Gasteiger partial charge on any atom is -0.467 e. The van der Waals surface area contributed by atoms with Gasteiger partial charge in [0, 0.05) is 18.0 Å². The van der Waals surface area contributed by atoms with E-state index >= 15 is 0 Å². The quantitative estimate of drug-likeness (QED) is 0.0995. The average molecular weight is 501 g/mol. The Kier molecular flexibility index (Phi) is 12.7. The number of likely N-dealkylation sites (N-methyl/N-ethyl adjacent to an activating group) is 2. The van der Waals surface area contributed by atoms with Crippen LogP contribution in [-0.4, -0.2) is 70.4 Å². The second-order valence-corrected chi connectivity index (χ2v) is 10.7. The zero-order valence-electron chi connectivity index (χ0n) is 23.7. The predicted molar refractivity (Wildman–Crippen MR) is 148 cm³/mol. The summed E-state index contributed by atoms with van der Waals surface area (Å²) < 4.78 is 18.1. The zero-order chi connectivity index (χ0) is 26.7. The van der Waals surface area contributed by atoms with Gasteiger partial charge in [0.05, 0.1) is 13.2 Å². The van der Waals surface area contributed by atoms with Gasteiger partial charge in [0.2, 0.25) is 0 Å². The Morgan fingerprint density at radius 3 is 2.47 bits per heavy atom. The predicted octanol–water partition coefficient (Wildman–Crippen LogP) is 5.82. The highest BCUT2D eigenvalue weighted by Crippen LogP contribution is 2.47. The van der Waals surface area contributed by atoms with Crippen LogP contribution in [-0.2, 0) is 16.0 Å². The van der Waals surface area contributed by atoms with Crippen molar-refractivity contribution < 1.29 is 19.0 Å². The molecule has 1 aromatic carbocycles.